The lowest BCUT2D eigenvalue weighted by Crippen LogP contribution is -2.57. The van der Waals surface area contributed by atoms with Crippen molar-refractivity contribution in [1.82, 2.24) is 4.90 Å². The molecule has 3 aromatic rings. The van der Waals surface area contributed by atoms with E-state index in [0.717, 1.165) is 39.1 Å². The molecule has 0 radical (unpaired) electrons. The van der Waals surface area contributed by atoms with Crippen LogP contribution in [0.4, 0.5) is 5.69 Å². The fourth-order valence-corrected chi connectivity index (χ4v) is 7.36. The Kier molecular flexibility index (Phi) is 5.12. The molecule has 3 aliphatic carbocycles. The van der Waals surface area contributed by atoms with Gasteiger partial charge in [0, 0.05) is 5.69 Å². The van der Waals surface area contributed by atoms with Gasteiger partial charge in [0.15, 0.2) is 0 Å². The number of nitrogens with zero attached hydrogens (tertiary/aromatic N) is 1. The van der Waals surface area contributed by atoms with E-state index in [1.165, 1.54) is 0 Å². The number of rotatable bonds is 4. The molecule has 5 nitrogen and oxygen atoms in total. The Bertz CT molecular complexity index is 1310. The second kappa shape index (κ2) is 7.92. The molecule has 36 heavy (non-hydrogen) atoms. The van der Waals surface area contributed by atoms with Crippen molar-refractivity contribution in [3.8, 4) is 0 Å². The SMILES string of the molecule is CCc1ccc(NC(=O)[C@@H](C)N2C(=O)[C@@H]3[C@H](C2=O)C2(Cl)c4ccccc4C3(Cl)c3ccccc32)cc1. The summed E-state index contributed by atoms with van der Waals surface area (Å²) in [5.74, 6) is -3.24. The summed E-state index contributed by atoms with van der Waals surface area (Å²) < 4.78 is 0. The second-order valence-corrected chi connectivity index (χ2v) is 10.9. The van der Waals surface area contributed by atoms with Crippen molar-refractivity contribution in [3.63, 3.8) is 0 Å². The van der Waals surface area contributed by atoms with Crippen molar-refractivity contribution in [2.45, 2.75) is 36.1 Å². The third-order valence-corrected chi connectivity index (χ3v) is 9.30. The first-order valence-corrected chi connectivity index (χ1v) is 12.8. The average molecular weight is 519 g/mol. The number of carbonyl (C=O) groups is 3. The summed E-state index contributed by atoms with van der Waals surface area (Å²) in [7, 11) is 0. The Hall–Kier alpha value is -3.15. The lowest BCUT2D eigenvalue weighted by molar-refractivity contribution is -0.146. The van der Waals surface area contributed by atoms with Gasteiger partial charge in [-0.05, 0) is 53.3 Å². The molecule has 182 valence electrons. The zero-order valence-electron chi connectivity index (χ0n) is 19.8. The predicted octanol–water partition coefficient (Wildman–Crippen LogP) is 5.17. The first kappa shape index (κ1) is 23.3. The molecule has 3 amide bonds. The van der Waals surface area contributed by atoms with Crippen LogP contribution in [0, 0.1) is 11.8 Å². The Balaban J connectivity index is 1.42. The van der Waals surface area contributed by atoms with Crippen LogP contribution in [0.25, 0.3) is 0 Å². The first-order chi connectivity index (χ1) is 17.2. The van der Waals surface area contributed by atoms with Gasteiger partial charge in [0.1, 0.15) is 15.8 Å². The Morgan fingerprint density at radius 2 is 1.25 bits per heavy atom. The fraction of sp³-hybridized carbons (Fsp3) is 0.276. The number of hydrogen-bond acceptors (Lipinski definition) is 3. The summed E-state index contributed by atoms with van der Waals surface area (Å²) in [5.41, 5.74) is 4.68. The van der Waals surface area contributed by atoms with Gasteiger partial charge < -0.3 is 5.32 Å². The van der Waals surface area contributed by atoms with Gasteiger partial charge in [-0.2, -0.15) is 0 Å². The van der Waals surface area contributed by atoms with E-state index >= 15 is 0 Å². The van der Waals surface area contributed by atoms with E-state index in [1.807, 2.05) is 72.8 Å². The van der Waals surface area contributed by atoms with Crippen LogP contribution in [0.2, 0.25) is 0 Å². The van der Waals surface area contributed by atoms with E-state index in [0.29, 0.717) is 5.69 Å². The van der Waals surface area contributed by atoms with E-state index in [9.17, 15) is 14.4 Å². The number of amides is 3. The largest absolute Gasteiger partial charge is 0.324 e. The molecule has 1 N–H and O–H groups in total. The van der Waals surface area contributed by atoms with E-state index in [4.69, 9.17) is 23.2 Å². The molecular weight excluding hydrogens is 495 g/mol. The maximum absolute atomic E-state index is 14.0. The van der Waals surface area contributed by atoms with Gasteiger partial charge in [0.05, 0.1) is 11.8 Å². The smallest absolute Gasteiger partial charge is 0.247 e. The van der Waals surface area contributed by atoms with Crippen LogP contribution in [0.5, 0.6) is 0 Å². The average Bonchev–Trinajstić information content (AvgIpc) is 3.18. The summed E-state index contributed by atoms with van der Waals surface area (Å²) in [6.45, 7) is 3.61. The van der Waals surface area contributed by atoms with Gasteiger partial charge in [0.25, 0.3) is 0 Å². The molecule has 1 saturated heterocycles. The van der Waals surface area contributed by atoms with Crippen molar-refractivity contribution in [3.05, 3.63) is 101 Å². The topological polar surface area (TPSA) is 66.5 Å². The summed E-state index contributed by atoms with van der Waals surface area (Å²) in [5, 5.41) is 2.83. The quantitative estimate of drug-likeness (QED) is 0.382. The van der Waals surface area contributed by atoms with Crippen molar-refractivity contribution in [2.24, 2.45) is 11.8 Å². The van der Waals surface area contributed by atoms with Crippen molar-refractivity contribution < 1.29 is 14.4 Å². The van der Waals surface area contributed by atoms with Gasteiger partial charge in [-0.25, -0.2) is 0 Å². The molecule has 7 rings (SSSR count). The highest BCUT2D eigenvalue weighted by atomic mass is 35.5. The molecular formula is C29H24Cl2N2O3. The molecule has 1 aliphatic heterocycles. The molecule has 0 unspecified atom stereocenters. The molecule has 0 spiro atoms. The molecule has 4 aliphatic rings. The van der Waals surface area contributed by atoms with Crippen LogP contribution in [0.15, 0.2) is 72.8 Å². The Labute approximate surface area is 219 Å². The van der Waals surface area contributed by atoms with Gasteiger partial charge >= 0.3 is 0 Å². The lowest BCUT2D eigenvalue weighted by Gasteiger charge is -2.54. The number of halogens is 2. The zero-order valence-corrected chi connectivity index (χ0v) is 21.3. The molecule has 3 aromatic carbocycles. The van der Waals surface area contributed by atoms with Crippen LogP contribution < -0.4 is 5.32 Å². The summed E-state index contributed by atoms with van der Waals surface area (Å²) in [6, 6.07) is 21.4. The third kappa shape index (κ3) is 2.81. The molecule has 2 bridgehead atoms. The van der Waals surface area contributed by atoms with Gasteiger partial charge in [-0.1, -0.05) is 67.6 Å². The molecule has 3 atom stereocenters. The van der Waals surface area contributed by atoms with Crippen molar-refractivity contribution >= 4 is 46.6 Å². The molecule has 0 saturated carbocycles. The number of hydrogen-bond donors (Lipinski definition) is 1. The minimum Gasteiger partial charge on any atom is -0.324 e. The standard InChI is InChI=1S/C29H24Cl2N2O3/c1-3-17-12-14-18(15-13-17)32-25(34)16(2)33-26(35)23-24(27(33)36)29(31)20-9-5-4-8-19(20)28(23,30)21-10-6-7-11-22(21)29/h4-16,23-24H,3H2,1-2H3,(H,32,34)/t16-,23-,24+,28?,29?/m1/s1. The molecule has 7 heteroatoms. The van der Waals surface area contributed by atoms with Crippen LogP contribution in [-0.2, 0) is 30.6 Å². The van der Waals surface area contributed by atoms with Crippen LogP contribution >= 0.6 is 23.2 Å². The van der Waals surface area contributed by atoms with E-state index in [2.05, 4.69) is 12.2 Å². The second-order valence-electron chi connectivity index (χ2n) is 9.73. The molecule has 1 heterocycles. The number of likely N-dealkylation sites (tertiary alicyclic amines) is 1. The predicted molar refractivity (Wildman–Crippen MR) is 139 cm³/mol. The molecule has 1 fully saturated rings. The highest BCUT2D eigenvalue weighted by molar-refractivity contribution is 6.36. The van der Waals surface area contributed by atoms with E-state index < -0.39 is 45.3 Å². The fourth-order valence-electron chi connectivity index (χ4n) is 6.26. The lowest BCUT2D eigenvalue weighted by atomic mass is 9.54. The van der Waals surface area contributed by atoms with Crippen LogP contribution in [0.3, 0.4) is 0 Å². The van der Waals surface area contributed by atoms with Gasteiger partial charge in [0.2, 0.25) is 17.7 Å². The highest BCUT2D eigenvalue weighted by Crippen LogP contribution is 2.69. The number of alkyl halides is 2. The number of benzene rings is 3. The highest BCUT2D eigenvalue weighted by Gasteiger charge is 2.73. The monoisotopic (exact) mass is 518 g/mol. The number of anilines is 1. The molecule has 0 aromatic heterocycles. The minimum atomic E-state index is -1.26. The summed E-state index contributed by atoms with van der Waals surface area (Å²) in [6.07, 6.45) is 0.884. The van der Waals surface area contributed by atoms with Crippen molar-refractivity contribution in [1.29, 1.82) is 0 Å². The maximum atomic E-state index is 14.0. The minimum absolute atomic E-state index is 0.450. The van der Waals surface area contributed by atoms with Crippen LogP contribution in [-0.4, -0.2) is 28.7 Å². The van der Waals surface area contributed by atoms with E-state index in [-0.39, 0.29) is 0 Å². The van der Waals surface area contributed by atoms with Crippen LogP contribution in [0.1, 0.15) is 41.7 Å². The maximum Gasteiger partial charge on any atom is 0.247 e. The third-order valence-electron chi connectivity index (χ3n) is 8.02. The number of imide groups is 1. The normalized spacial score (nSPS) is 28.4. The Morgan fingerprint density at radius 3 is 1.64 bits per heavy atom. The van der Waals surface area contributed by atoms with Gasteiger partial charge in [-0.15, -0.1) is 23.2 Å². The zero-order chi connectivity index (χ0) is 25.4. The summed E-state index contributed by atoms with van der Waals surface area (Å²) >= 11 is 14.9. The summed E-state index contributed by atoms with van der Waals surface area (Å²) in [4.78, 5) is 39.7. The first-order valence-electron chi connectivity index (χ1n) is 12.1. The Morgan fingerprint density at radius 1 is 0.833 bits per heavy atom. The van der Waals surface area contributed by atoms with Gasteiger partial charge in [-0.3, -0.25) is 19.3 Å². The number of aryl methyl sites for hydroxylation is 1. The number of carbonyl (C=O) groups excluding carboxylic acids is 3. The number of nitrogens with one attached hydrogen (secondary N) is 1. The van der Waals surface area contributed by atoms with Crippen molar-refractivity contribution in [2.75, 3.05) is 5.32 Å². The van der Waals surface area contributed by atoms with E-state index in [1.54, 1.807) is 6.92 Å².